The molecule has 1 aliphatic heterocycles. The fraction of sp³-hybridized carbons (Fsp3) is 0.348. The van der Waals surface area contributed by atoms with Gasteiger partial charge in [0, 0.05) is 5.75 Å². The van der Waals surface area contributed by atoms with Gasteiger partial charge in [0.05, 0.1) is 31.3 Å². The van der Waals surface area contributed by atoms with Crippen LogP contribution in [0, 0.1) is 11.3 Å². The van der Waals surface area contributed by atoms with E-state index >= 15 is 0 Å². The molecule has 4 rings (SSSR count). The molecule has 30 heavy (non-hydrogen) atoms. The lowest BCUT2D eigenvalue weighted by Gasteiger charge is -2.16. The molecule has 3 aromatic rings. The van der Waals surface area contributed by atoms with Crippen molar-refractivity contribution in [3.05, 3.63) is 71.5 Å². The average molecular weight is 420 g/mol. The molecule has 0 saturated carbocycles. The monoisotopic (exact) mass is 419 g/mol. The van der Waals surface area contributed by atoms with E-state index in [1.807, 2.05) is 18.2 Å². The Bertz CT molecular complexity index is 975. The van der Waals surface area contributed by atoms with Crippen molar-refractivity contribution in [2.24, 2.45) is 0 Å². The first kappa shape index (κ1) is 20.5. The summed E-state index contributed by atoms with van der Waals surface area (Å²) in [5.74, 6) is 2.57. The van der Waals surface area contributed by atoms with E-state index in [-0.39, 0.29) is 0 Å². The highest BCUT2D eigenvalue weighted by Crippen LogP contribution is 2.21. The summed E-state index contributed by atoms with van der Waals surface area (Å²) in [6, 6.07) is 19.8. The van der Waals surface area contributed by atoms with Crippen LogP contribution in [0.5, 0.6) is 5.75 Å². The van der Waals surface area contributed by atoms with Crippen LogP contribution in [0.2, 0.25) is 0 Å². The quantitative estimate of drug-likeness (QED) is 0.386. The van der Waals surface area contributed by atoms with Crippen molar-refractivity contribution in [2.75, 3.05) is 25.4 Å². The third-order valence-corrected chi connectivity index (χ3v) is 6.04. The molecule has 2 heterocycles. The second kappa shape index (κ2) is 10.3. The van der Waals surface area contributed by atoms with E-state index in [0.29, 0.717) is 12.2 Å². The van der Waals surface area contributed by atoms with Gasteiger partial charge in [0.15, 0.2) is 5.16 Å². The third-order valence-electron chi connectivity index (χ3n) is 5.11. The largest absolute Gasteiger partial charge is 0.493 e. The first-order chi connectivity index (χ1) is 14.8. The first-order valence-electron chi connectivity index (χ1n) is 10.3. The van der Waals surface area contributed by atoms with Crippen LogP contribution in [-0.4, -0.2) is 45.1 Å². The predicted octanol–water partition coefficient (Wildman–Crippen LogP) is 3.96. The summed E-state index contributed by atoms with van der Waals surface area (Å²) in [4.78, 5) is 2.45. The van der Waals surface area contributed by atoms with Crippen LogP contribution in [-0.2, 0) is 13.1 Å². The summed E-state index contributed by atoms with van der Waals surface area (Å²) in [5.41, 5.74) is 1.88. The van der Waals surface area contributed by atoms with Gasteiger partial charge >= 0.3 is 0 Å². The first-order valence-corrected chi connectivity index (χ1v) is 11.2. The highest BCUT2D eigenvalue weighted by molar-refractivity contribution is 7.99. The molecule has 0 atom stereocenters. The highest BCUT2D eigenvalue weighted by atomic mass is 32.2. The lowest BCUT2D eigenvalue weighted by molar-refractivity contribution is 0.316. The van der Waals surface area contributed by atoms with Gasteiger partial charge in [-0.25, -0.2) is 0 Å². The van der Waals surface area contributed by atoms with E-state index in [1.165, 1.54) is 18.4 Å². The maximum Gasteiger partial charge on any atom is 0.191 e. The summed E-state index contributed by atoms with van der Waals surface area (Å²) in [7, 11) is 0. The summed E-state index contributed by atoms with van der Waals surface area (Å²) in [6.45, 7) is 4.46. The predicted molar refractivity (Wildman–Crippen MR) is 117 cm³/mol. The Morgan fingerprint density at radius 1 is 0.967 bits per heavy atom. The molecule has 154 valence electrons. The second-order valence-electron chi connectivity index (χ2n) is 7.29. The minimum atomic E-state index is 0.566. The summed E-state index contributed by atoms with van der Waals surface area (Å²) in [6.07, 6.45) is 2.53. The van der Waals surface area contributed by atoms with Gasteiger partial charge in [-0.1, -0.05) is 42.1 Å². The van der Waals surface area contributed by atoms with Crippen LogP contribution in [0.15, 0.2) is 59.8 Å². The minimum absolute atomic E-state index is 0.566. The molecule has 0 amide bonds. The van der Waals surface area contributed by atoms with Gasteiger partial charge in [-0.3, -0.25) is 4.90 Å². The lowest BCUT2D eigenvalue weighted by atomic mass is 10.2. The summed E-state index contributed by atoms with van der Waals surface area (Å²) in [5, 5.41) is 18.8. The topological polar surface area (TPSA) is 67.0 Å². The molecule has 0 N–H and O–H groups in total. The number of nitrogens with zero attached hydrogens (tertiary/aromatic N) is 5. The van der Waals surface area contributed by atoms with Gasteiger partial charge < -0.3 is 9.30 Å². The normalized spacial score (nSPS) is 14.0. The molecular formula is C23H25N5OS. The number of hydrogen-bond acceptors (Lipinski definition) is 6. The molecule has 6 nitrogen and oxygen atoms in total. The molecule has 1 saturated heterocycles. The van der Waals surface area contributed by atoms with Crippen molar-refractivity contribution in [1.29, 1.82) is 5.26 Å². The van der Waals surface area contributed by atoms with Crippen LogP contribution in [0.1, 0.15) is 29.8 Å². The van der Waals surface area contributed by atoms with Crippen LogP contribution >= 0.6 is 11.8 Å². The van der Waals surface area contributed by atoms with Gasteiger partial charge in [-0.2, -0.15) is 5.26 Å². The van der Waals surface area contributed by atoms with Gasteiger partial charge in [0.2, 0.25) is 0 Å². The Hall–Kier alpha value is -2.82. The number of rotatable bonds is 9. The van der Waals surface area contributed by atoms with E-state index in [1.54, 1.807) is 23.9 Å². The van der Waals surface area contributed by atoms with Crippen LogP contribution in [0.4, 0.5) is 0 Å². The maximum atomic E-state index is 8.88. The Kier molecular flexibility index (Phi) is 7.01. The van der Waals surface area contributed by atoms with E-state index < -0.39 is 0 Å². The van der Waals surface area contributed by atoms with Crippen molar-refractivity contribution in [3.63, 3.8) is 0 Å². The molecule has 1 aromatic heterocycles. The van der Waals surface area contributed by atoms with E-state index in [0.717, 1.165) is 48.7 Å². The van der Waals surface area contributed by atoms with Crippen molar-refractivity contribution in [3.8, 4) is 11.8 Å². The van der Waals surface area contributed by atoms with E-state index in [2.05, 4.69) is 50.0 Å². The Balaban J connectivity index is 1.39. The number of likely N-dealkylation sites (tertiary alicyclic amines) is 1. The van der Waals surface area contributed by atoms with Gasteiger partial charge in [-0.05, 0) is 55.8 Å². The molecule has 1 fully saturated rings. The number of hydrogen-bond donors (Lipinski definition) is 0. The molecule has 0 unspecified atom stereocenters. The standard InChI is InChI=1S/C23H25N5OS/c24-16-19-8-10-21(11-9-19)29-14-15-30-23-26-25-22(18-27-12-4-5-13-27)28(23)17-20-6-2-1-3-7-20/h1-3,6-11H,4-5,12-15,17-18H2. The molecule has 0 aliphatic carbocycles. The number of aromatic nitrogens is 3. The number of ether oxygens (including phenoxy) is 1. The molecule has 7 heteroatoms. The molecule has 0 bridgehead atoms. The Morgan fingerprint density at radius 2 is 1.73 bits per heavy atom. The summed E-state index contributed by atoms with van der Waals surface area (Å²) < 4.78 is 8.04. The van der Waals surface area contributed by atoms with Crippen molar-refractivity contribution in [1.82, 2.24) is 19.7 Å². The van der Waals surface area contributed by atoms with Gasteiger partial charge in [0.1, 0.15) is 11.6 Å². The lowest BCUT2D eigenvalue weighted by Crippen LogP contribution is -2.21. The Morgan fingerprint density at radius 3 is 2.47 bits per heavy atom. The summed E-state index contributed by atoms with van der Waals surface area (Å²) >= 11 is 1.67. The zero-order chi connectivity index (χ0) is 20.6. The number of benzene rings is 2. The van der Waals surface area contributed by atoms with Crippen molar-refractivity contribution >= 4 is 11.8 Å². The van der Waals surface area contributed by atoms with Crippen molar-refractivity contribution in [2.45, 2.75) is 31.1 Å². The van der Waals surface area contributed by atoms with Crippen LogP contribution < -0.4 is 4.74 Å². The second-order valence-corrected chi connectivity index (χ2v) is 8.35. The maximum absolute atomic E-state index is 8.88. The molecule has 2 aromatic carbocycles. The zero-order valence-electron chi connectivity index (χ0n) is 16.9. The number of thioether (sulfide) groups is 1. The average Bonchev–Trinajstić information content (AvgIpc) is 3.43. The molecule has 0 radical (unpaired) electrons. The SMILES string of the molecule is N#Cc1ccc(OCCSc2nnc(CN3CCCC3)n2Cc2ccccc2)cc1. The number of nitriles is 1. The van der Waals surface area contributed by atoms with E-state index in [9.17, 15) is 0 Å². The van der Waals surface area contributed by atoms with Crippen LogP contribution in [0.3, 0.4) is 0 Å². The third kappa shape index (κ3) is 5.41. The van der Waals surface area contributed by atoms with E-state index in [4.69, 9.17) is 10.00 Å². The van der Waals surface area contributed by atoms with Crippen molar-refractivity contribution < 1.29 is 4.74 Å². The van der Waals surface area contributed by atoms with Gasteiger partial charge in [-0.15, -0.1) is 10.2 Å². The Labute approximate surface area is 181 Å². The van der Waals surface area contributed by atoms with Crippen LogP contribution in [0.25, 0.3) is 0 Å². The fourth-order valence-electron chi connectivity index (χ4n) is 3.53. The fourth-order valence-corrected chi connectivity index (χ4v) is 4.30. The molecule has 0 spiro atoms. The molecular weight excluding hydrogens is 394 g/mol. The van der Waals surface area contributed by atoms with Gasteiger partial charge in [0.25, 0.3) is 0 Å². The zero-order valence-corrected chi connectivity index (χ0v) is 17.7. The minimum Gasteiger partial charge on any atom is -0.493 e. The molecule has 1 aliphatic rings. The highest BCUT2D eigenvalue weighted by Gasteiger charge is 2.18. The smallest absolute Gasteiger partial charge is 0.191 e.